The molecule has 4 nitrogen and oxygen atoms in total. The van der Waals surface area contributed by atoms with E-state index in [1.807, 2.05) is 30.3 Å². The van der Waals surface area contributed by atoms with E-state index >= 15 is 0 Å². The first-order valence-electron chi connectivity index (χ1n) is 8.24. The molecule has 2 amide bonds. The number of carbonyl (C=O) groups excluding carboxylic acids is 2. The molecule has 0 saturated carbocycles. The number of nitrogens with zero attached hydrogens (tertiary/aromatic N) is 1. The van der Waals surface area contributed by atoms with Crippen LogP contribution < -0.4 is 10.2 Å². The molecule has 24 heavy (non-hydrogen) atoms. The van der Waals surface area contributed by atoms with Gasteiger partial charge in [-0.1, -0.05) is 36.4 Å². The third-order valence-electron chi connectivity index (χ3n) is 4.59. The fraction of sp³-hybridized carbons (Fsp3) is 0.300. The average molecular weight is 322 g/mol. The lowest BCUT2D eigenvalue weighted by Gasteiger charge is -2.11. The first kappa shape index (κ1) is 16.2. The van der Waals surface area contributed by atoms with Crippen LogP contribution >= 0.6 is 0 Å². The fourth-order valence-corrected chi connectivity index (χ4v) is 3.06. The third kappa shape index (κ3) is 3.48. The summed E-state index contributed by atoms with van der Waals surface area (Å²) < 4.78 is 0. The molecule has 1 aliphatic rings. The van der Waals surface area contributed by atoms with Crippen molar-refractivity contribution in [2.75, 3.05) is 11.9 Å². The second kappa shape index (κ2) is 6.87. The second-order valence-corrected chi connectivity index (χ2v) is 6.30. The van der Waals surface area contributed by atoms with Gasteiger partial charge >= 0.3 is 0 Å². The molecule has 0 atom stereocenters. The van der Waals surface area contributed by atoms with Crippen LogP contribution in [0.5, 0.6) is 0 Å². The van der Waals surface area contributed by atoms with Crippen LogP contribution in [0.15, 0.2) is 42.5 Å². The van der Waals surface area contributed by atoms with E-state index in [0.717, 1.165) is 23.2 Å². The number of nitrogens with one attached hydrogen (secondary N) is 1. The highest BCUT2D eigenvalue weighted by molar-refractivity contribution is 6.00. The minimum Gasteiger partial charge on any atom is -0.352 e. The molecule has 0 spiro atoms. The predicted molar refractivity (Wildman–Crippen MR) is 94.9 cm³/mol. The Kier molecular flexibility index (Phi) is 4.65. The Hall–Kier alpha value is -2.62. The van der Waals surface area contributed by atoms with Gasteiger partial charge in [-0.2, -0.15) is 0 Å². The van der Waals surface area contributed by atoms with Crippen LogP contribution in [0.2, 0.25) is 0 Å². The van der Waals surface area contributed by atoms with Crippen molar-refractivity contribution in [3.05, 3.63) is 64.7 Å². The van der Waals surface area contributed by atoms with Gasteiger partial charge in [0, 0.05) is 25.7 Å². The number of aryl methyl sites for hydroxylation is 2. The number of carbonyl (C=O) groups is 2. The van der Waals surface area contributed by atoms with E-state index in [4.69, 9.17) is 0 Å². The van der Waals surface area contributed by atoms with Gasteiger partial charge in [-0.3, -0.25) is 9.59 Å². The van der Waals surface area contributed by atoms with Crippen molar-refractivity contribution in [1.29, 1.82) is 0 Å². The van der Waals surface area contributed by atoms with E-state index in [-0.39, 0.29) is 11.8 Å². The summed E-state index contributed by atoms with van der Waals surface area (Å²) in [6, 6.07) is 14.1. The van der Waals surface area contributed by atoms with Crippen LogP contribution in [-0.4, -0.2) is 18.9 Å². The summed E-state index contributed by atoms with van der Waals surface area (Å²) in [6.45, 7) is 2.56. The Bertz CT molecular complexity index is 783. The minimum atomic E-state index is 0.0481. The summed E-state index contributed by atoms with van der Waals surface area (Å²) in [5, 5.41) is 2.96. The highest BCUT2D eigenvalue weighted by atomic mass is 16.2. The number of hydrogen-bond donors (Lipinski definition) is 1. The Morgan fingerprint density at radius 3 is 2.79 bits per heavy atom. The topological polar surface area (TPSA) is 49.4 Å². The zero-order valence-electron chi connectivity index (χ0n) is 14.1. The van der Waals surface area contributed by atoms with Crippen LogP contribution in [0.3, 0.4) is 0 Å². The maximum atomic E-state index is 12.1. The molecule has 2 aromatic carbocycles. The summed E-state index contributed by atoms with van der Waals surface area (Å²) in [4.78, 5) is 25.5. The smallest absolute Gasteiger partial charge is 0.231 e. The van der Waals surface area contributed by atoms with Crippen LogP contribution in [-0.2, 0) is 29.0 Å². The Labute approximate surface area is 142 Å². The zero-order chi connectivity index (χ0) is 17.1. The molecule has 0 saturated heterocycles. The quantitative estimate of drug-likeness (QED) is 0.920. The lowest BCUT2D eigenvalue weighted by Crippen LogP contribution is -2.23. The largest absolute Gasteiger partial charge is 0.352 e. The number of amides is 2. The van der Waals surface area contributed by atoms with Crippen LogP contribution in [0, 0.1) is 6.92 Å². The molecular formula is C20H22N2O2. The number of anilines is 1. The zero-order valence-corrected chi connectivity index (χ0v) is 14.1. The van der Waals surface area contributed by atoms with Gasteiger partial charge in [0.05, 0.1) is 6.42 Å². The summed E-state index contributed by atoms with van der Waals surface area (Å²) in [7, 11) is 1.79. The molecule has 4 heteroatoms. The lowest BCUT2D eigenvalue weighted by atomic mass is 10.0. The van der Waals surface area contributed by atoms with Gasteiger partial charge < -0.3 is 10.2 Å². The number of likely N-dealkylation sites (N-methyl/N-ethyl adjacent to an activating group) is 1. The SMILES string of the molecule is Cc1ccccc1CCC(=O)NCc1ccc2c(c1)CC(=O)N2C. The highest BCUT2D eigenvalue weighted by Gasteiger charge is 2.23. The van der Waals surface area contributed by atoms with Crippen molar-refractivity contribution < 1.29 is 9.59 Å². The normalized spacial score (nSPS) is 13.1. The standard InChI is InChI=1S/C20H22N2O2/c1-14-5-3-4-6-16(14)8-10-19(23)21-13-15-7-9-18-17(11-15)12-20(24)22(18)2/h3-7,9,11H,8,10,12-13H2,1-2H3,(H,21,23). The van der Waals surface area contributed by atoms with Crippen molar-refractivity contribution in [2.24, 2.45) is 0 Å². The third-order valence-corrected chi connectivity index (χ3v) is 4.59. The molecule has 1 heterocycles. The van der Waals surface area contributed by atoms with Gasteiger partial charge in [0.25, 0.3) is 0 Å². The maximum absolute atomic E-state index is 12.1. The molecule has 1 aliphatic heterocycles. The van der Waals surface area contributed by atoms with E-state index in [2.05, 4.69) is 24.4 Å². The monoisotopic (exact) mass is 322 g/mol. The van der Waals surface area contributed by atoms with E-state index < -0.39 is 0 Å². The first-order valence-corrected chi connectivity index (χ1v) is 8.24. The van der Waals surface area contributed by atoms with Gasteiger partial charge in [-0.05, 0) is 41.7 Å². The van der Waals surface area contributed by atoms with Crippen molar-refractivity contribution in [2.45, 2.75) is 32.7 Å². The molecule has 3 rings (SSSR count). The van der Waals surface area contributed by atoms with E-state index in [1.54, 1.807) is 11.9 Å². The molecule has 0 bridgehead atoms. The molecule has 0 radical (unpaired) electrons. The van der Waals surface area contributed by atoms with E-state index in [1.165, 1.54) is 11.1 Å². The Balaban J connectivity index is 1.53. The van der Waals surface area contributed by atoms with Crippen molar-refractivity contribution in [3.8, 4) is 0 Å². The van der Waals surface area contributed by atoms with Gasteiger partial charge in [0.2, 0.25) is 11.8 Å². The fourth-order valence-electron chi connectivity index (χ4n) is 3.06. The number of fused-ring (bicyclic) bond motifs is 1. The first-order chi connectivity index (χ1) is 11.5. The van der Waals surface area contributed by atoms with Crippen molar-refractivity contribution >= 4 is 17.5 Å². The Morgan fingerprint density at radius 1 is 1.21 bits per heavy atom. The predicted octanol–water partition coefficient (Wildman–Crippen LogP) is 2.76. The molecule has 1 N–H and O–H groups in total. The minimum absolute atomic E-state index is 0.0481. The molecule has 0 aliphatic carbocycles. The van der Waals surface area contributed by atoms with Crippen LogP contribution in [0.1, 0.15) is 28.7 Å². The van der Waals surface area contributed by atoms with E-state index in [0.29, 0.717) is 19.4 Å². The molecule has 0 fully saturated rings. The van der Waals surface area contributed by atoms with Crippen LogP contribution in [0.25, 0.3) is 0 Å². The second-order valence-electron chi connectivity index (χ2n) is 6.30. The molecule has 124 valence electrons. The molecule has 0 aromatic heterocycles. The van der Waals surface area contributed by atoms with Gasteiger partial charge in [0.1, 0.15) is 0 Å². The van der Waals surface area contributed by atoms with E-state index in [9.17, 15) is 9.59 Å². The van der Waals surface area contributed by atoms with Crippen molar-refractivity contribution in [3.63, 3.8) is 0 Å². The maximum Gasteiger partial charge on any atom is 0.231 e. The molecule has 2 aromatic rings. The lowest BCUT2D eigenvalue weighted by molar-refractivity contribution is -0.121. The summed E-state index contributed by atoms with van der Waals surface area (Å²) in [5.74, 6) is 0.163. The van der Waals surface area contributed by atoms with Gasteiger partial charge in [0.15, 0.2) is 0 Å². The molecular weight excluding hydrogens is 300 g/mol. The number of benzene rings is 2. The van der Waals surface area contributed by atoms with Crippen LogP contribution in [0.4, 0.5) is 5.69 Å². The van der Waals surface area contributed by atoms with Crippen molar-refractivity contribution in [1.82, 2.24) is 5.32 Å². The average Bonchev–Trinajstić information content (AvgIpc) is 2.86. The number of rotatable bonds is 5. The molecule has 0 unspecified atom stereocenters. The Morgan fingerprint density at radius 2 is 2.00 bits per heavy atom. The summed E-state index contributed by atoms with van der Waals surface area (Å²) >= 11 is 0. The summed E-state index contributed by atoms with van der Waals surface area (Å²) in [5.41, 5.74) is 5.47. The number of hydrogen-bond acceptors (Lipinski definition) is 2. The highest BCUT2D eigenvalue weighted by Crippen LogP contribution is 2.28. The van der Waals surface area contributed by atoms with Gasteiger partial charge in [-0.25, -0.2) is 0 Å². The summed E-state index contributed by atoms with van der Waals surface area (Å²) in [6.07, 6.45) is 1.68. The van der Waals surface area contributed by atoms with Gasteiger partial charge in [-0.15, -0.1) is 0 Å².